The first kappa shape index (κ1) is 39.1. The molecular formula is C46H52F6O. The van der Waals surface area contributed by atoms with Crippen molar-refractivity contribution in [3.8, 4) is 0 Å². The highest BCUT2D eigenvalue weighted by atomic mass is 19.2. The summed E-state index contributed by atoms with van der Waals surface area (Å²) in [6.45, 7) is 4.42. The lowest BCUT2D eigenvalue weighted by molar-refractivity contribution is 0.0261. The summed E-state index contributed by atoms with van der Waals surface area (Å²) in [6.07, 6.45) is 13.6. The van der Waals surface area contributed by atoms with Gasteiger partial charge in [-0.3, -0.25) is 0 Å². The van der Waals surface area contributed by atoms with E-state index in [0.29, 0.717) is 23.0 Å². The van der Waals surface area contributed by atoms with Crippen molar-refractivity contribution in [1.82, 2.24) is 0 Å². The van der Waals surface area contributed by atoms with Crippen molar-refractivity contribution in [2.75, 3.05) is 0 Å². The van der Waals surface area contributed by atoms with E-state index >= 15 is 8.78 Å². The van der Waals surface area contributed by atoms with Gasteiger partial charge in [-0.25, -0.2) is 26.3 Å². The van der Waals surface area contributed by atoms with Crippen molar-refractivity contribution in [1.29, 1.82) is 0 Å². The molecule has 4 aromatic carbocycles. The van der Waals surface area contributed by atoms with Crippen molar-refractivity contribution in [3.63, 3.8) is 0 Å². The van der Waals surface area contributed by atoms with Gasteiger partial charge in [-0.2, -0.15) is 0 Å². The molecule has 2 aliphatic carbocycles. The Balaban J connectivity index is 1.32. The Bertz CT molecular complexity index is 1640. The lowest BCUT2D eigenvalue weighted by atomic mass is 9.77. The molecule has 0 spiro atoms. The molecule has 2 aliphatic rings. The Kier molecular flexibility index (Phi) is 13.4. The van der Waals surface area contributed by atoms with E-state index in [2.05, 4.69) is 13.8 Å². The second-order valence-electron chi connectivity index (χ2n) is 15.5. The van der Waals surface area contributed by atoms with Crippen LogP contribution in [0.2, 0.25) is 0 Å². The molecule has 0 radical (unpaired) electrons. The summed E-state index contributed by atoms with van der Waals surface area (Å²) in [5.41, 5.74) is 2.53. The third-order valence-electron chi connectivity index (χ3n) is 12.0. The molecule has 0 amide bonds. The van der Waals surface area contributed by atoms with Crippen LogP contribution in [0, 0.1) is 46.7 Å². The average molecular weight is 735 g/mol. The van der Waals surface area contributed by atoms with Crippen molar-refractivity contribution in [2.45, 2.75) is 128 Å². The Morgan fingerprint density at radius 1 is 0.472 bits per heavy atom. The maximum Gasteiger partial charge on any atom is 0.194 e. The molecule has 284 valence electrons. The van der Waals surface area contributed by atoms with E-state index in [1.165, 1.54) is 64.2 Å². The Hall–Kier alpha value is -3.58. The number of benzene rings is 4. The monoisotopic (exact) mass is 734 g/mol. The first-order valence-corrected chi connectivity index (χ1v) is 19.8. The van der Waals surface area contributed by atoms with Gasteiger partial charge in [-0.05, 0) is 109 Å². The Morgan fingerprint density at radius 3 is 1.17 bits per heavy atom. The molecule has 0 bridgehead atoms. The summed E-state index contributed by atoms with van der Waals surface area (Å²) in [5, 5.41) is 0. The highest BCUT2D eigenvalue weighted by Gasteiger charge is 2.32. The normalized spacial score (nSPS) is 21.7. The highest BCUT2D eigenvalue weighted by Crippen LogP contribution is 2.43. The maximum atomic E-state index is 15.6. The zero-order chi connectivity index (χ0) is 37.5. The largest absolute Gasteiger partial charge is 0.356 e. The van der Waals surface area contributed by atoms with Gasteiger partial charge < -0.3 is 4.74 Å². The minimum atomic E-state index is -1.66. The fourth-order valence-electron chi connectivity index (χ4n) is 8.73. The Labute approximate surface area is 311 Å². The van der Waals surface area contributed by atoms with Gasteiger partial charge in [-0.1, -0.05) is 113 Å². The average Bonchev–Trinajstić information content (AvgIpc) is 3.19. The van der Waals surface area contributed by atoms with E-state index in [9.17, 15) is 17.6 Å². The molecule has 0 aromatic heterocycles. The van der Waals surface area contributed by atoms with Gasteiger partial charge in [0.1, 0.15) is 12.2 Å². The standard InChI is InChI=1S/C46H52F6O/c1-3-5-7-29-9-13-31(14-10-29)33-17-21-35(22-18-33)45(37-25-27-39(47)43(51)41(37)49)53-46(38-26-28-40(48)44(52)42(38)50)36-23-19-34(20-24-36)32-15-11-30(12-16-32)8-6-4-2/h17-32,45-46H,3-16H2,1-2H3. The van der Waals surface area contributed by atoms with Crippen LogP contribution in [0.25, 0.3) is 0 Å². The molecule has 4 aromatic rings. The molecule has 2 unspecified atom stereocenters. The van der Waals surface area contributed by atoms with Crippen LogP contribution >= 0.6 is 0 Å². The van der Waals surface area contributed by atoms with E-state index in [4.69, 9.17) is 4.74 Å². The van der Waals surface area contributed by atoms with Gasteiger partial charge >= 0.3 is 0 Å². The molecule has 0 heterocycles. The molecule has 2 saturated carbocycles. The predicted octanol–water partition coefficient (Wildman–Crippen LogP) is 14.3. The fraction of sp³-hybridized carbons (Fsp3) is 0.478. The van der Waals surface area contributed by atoms with Gasteiger partial charge in [0.05, 0.1) is 0 Å². The molecule has 1 nitrogen and oxygen atoms in total. The number of hydrogen-bond donors (Lipinski definition) is 0. The van der Waals surface area contributed by atoms with E-state index in [0.717, 1.165) is 72.9 Å². The molecule has 53 heavy (non-hydrogen) atoms. The quantitative estimate of drug-likeness (QED) is 0.0926. The molecule has 0 saturated heterocycles. The van der Waals surface area contributed by atoms with Gasteiger partial charge in [0.25, 0.3) is 0 Å². The van der Waals surface area contributed by atoms with Crippen LogP contribution in [-0.2, 0) is 4.74 Å². The molecule has 7 heteroatoms. The minimum absolute atomic E-state index is 0.294. The van der Waals surface area contributed by atoms with Gasteiger partial charge in [-0.15, -0.1) is 0 Å². The van der Waals surface area contributed by atoms with Gasteiger partial charge in [0.15, 0.2) is 34.9 Å². The van der Waals surface area contributed by atoms with Crippen LogP contribution in [0.3, 0.4) is 0 Å². The van der Waals surface area contributed by atoms with Crippen molar-refractivity contribution >= 4 is 0 Å². The smallest absolute Gasteiger partial charge is 0.194 e. The van der Waals surface area contributed by atoms with E-state index in [-0.39, 0.29) is 11.1 Å². The molecular weight excluding hydrogens is 682 g/mol. The molecule has 2 atom stereocenters. The number of unbranched alkanes of at least 4 members (excludes halogenated alkanes) is 2. The van der Waals surface area contributed by atoms with Crippen LogP contribution < -0.4 is 0 Å². The summed E-state index contributed by atoms with van der Waals surface area (Å²) >= 11 is 0. The highest BCUT2D eigenvalue weighted by molar-refractivity contribution is 5.38. The van der Waals surface area contributed by atoms with Gasteiger partial charge in [0, 0.05) is 11.1 Å². The number of halogens is 6. The first-order chi connectivity index (χ1) is 25.7. The second-order valence-corrected chi connectivity index (χ2v) is 15.5. The topological polar surface area (TPSA) is 9.23 Å². The summed E-state index contributed by atoms with van der Waals surface area (Å²) in [6, 6.07) is 18.8. The molecule has 2 fully saturated rings. The maximum absolute atomic E-state index is 15.6. The minimum Gasteiger partial charge on any atom is -0.356 e. The summed E-state index contributed by atoms with van der Waals surface area (Å²) in [7, 11) is 0. The van der Waals surface area contributed by atoms with E-state index < -0.39 is 47.1 Å². The SMILES string of the molecule is CCCCC1CCC(c2ccc(C(OC(c3ccc(C4CCC(CCCC)CC4)cc3)c3ccc(F)c(F)c3F)c3ccc(F)c(F)c3F)cc2)CC1. The summed E-state index contributed by atoms with van der Waals surface area (Å²) in [4.78, 5) is 0. The van der Waals surface area contributed by atoms with Gasteiger partial charge in [0.2, 0.25) is 0 Å². The molecule has 6 rings (SSSR count). The zero-order valence-corrected chi connectivity index (χ0v) is 31.0. The number of rotatable bonds is 14. The Morgan fingerprint density at radius 2 is 0.830 bits per heavy atom. The zero-order valence-electron chi connectivity index (χ0n) is 31.0. The second kappa shape index (κ2) is 18.2. The lowest BCUT2D eigenvalue weighted by Gasteiger charge is -2.30. The third kappa shape index (κ3) is 9.21. The lowest BCUT2D eigenvalue weighted by Crippen LogP contribution is -2.18. The number of hydrogen-bond acceptors (Lipinski definition) is 1. The summed E-state index contributed by atoms with van der Waals surface area (Å²) in [5.74, 6) is -6.65. The van der Waals surface area contributed by atoms with Crippen LogP contribution in [0.4, 0.5) is 26.3 Å². The van der Waals surface area contributed by atoms with Crippen molar-refractivity contribution < 1.29 is 31.1 Å². The molecule has 0 N–H and O–H groups in total. The van der Waals surface area contributed by atoms with Crippen molar-refractivity contribution in [2.24, 2.45) is 11.8 Å². The number of ether oxygens (including phenoxy) is 1. The van der Waals surface area contributed by atoms with E-state index in [1.54, 1.807) is 24.3 Å². The van der Waals surface area contributed by atoms with Crippen LogP contribution in [0.5, 0.6) is 0 Å². The molecule has 0 aliphatic heterocycles. The summed E-state index contributed by atoms with van der Waals surface area (Å²) < 4.78 is 95.7. The first-order valence-electron chi connectivity index (χ1n) is 19.8. The van der Waals surface area contributed by atoms with Crippen molar-refractivity contribution in [3.05, 3.63) is 141 Å². The van der Waals surface area contributed by atoms with Crippen LogP contribution in [0.15, 0.2) is 72.8 Å². The fourth-order valence-corrected chi connectivity index (χ4v) is 8.73. The predicted molar refractivity (Wildman–Crippen MR) is 199 cm³/mol. The van der Waals surface area contributed by atoms with E-state index in [1.807, 2.05) is 24.3 Å². The van der Waals surface area contributed by atoms with Crippen LogP contribution in [0.1, 0.15) is 161 Å². The van der Waals surface area contributed by atoms with Crippen LogP contribution in [-0.4, -0.2) is 0 Å². The third-order valence-corrected chi connectivity index (χ3v) is 12.0.